The van der Waals surface area contributed by atoms with Crippen molar-refractivity contribution in [1.29, 1.82) is 0 Å². The van der Waals surface area contributed by atoms with Crippen molar-refractivity contribution in [1.82, 2.24) is 9.80 Å². The summed E-state index contributed by atoms with van der Waals surface area (Å²) in [6.45, 7) is 3.93. The Morgan fingerprint density at radius 3 is 2.16 bits per heavy atom. The molecule has 0 aliphatic carbocycles. The number of amides is 1. The highest BCUT2D eigenvalue weighted by atomic mass is 16.4. The lowest BCUT2D eigenvalue weighted by Crippen LogP contribution is -2.53. The van der Waals surface area contributed by atoms with Gasteiger partial charge in [-0.25, -0.2) is 0 Å². The minimum absolute atomic E-state index is 0.121. The fraction of sp³-hybridized carbons (Fsp3) is 0.917. The summed E-state index contributed by atoms with van der Waals surface area (Å²) in [7, 11) is 0. The zero-order valence-electron chi connectivity index (χ0n) is 11.3. The zero-order valence-corrected chi connectivity index (χ0v) is 11.3. The maximum absolute atomic E-state index is 11.5. The van der Waals surface area contributed by atoms with E-state index >= 15 is 0 Å². The number of rotatable bonds is 6. The summed E-state index contributed by atoms with van der Waals surface area (Å²) < 4.78 is 0. The van der Waals surface area contributed by atoms with E-state index in [0.29, 0.717) is 32.6 Å². The van der Waals surface area contributed by atoms with Crippen LogP contribution in [-0.2, 0) is 4.79 Å². The molecule has 1 fully saturated rings. The van der Waals surface area contributed by atoms with Gasteiger partial charge in [-0.15, -0.1) is 0 Å². The number of aliphatic hydroxyl groups is 4. The molecule has 7 heteroatoms. The van der Waals surface area contributed by atoms with Gasteiger partial charge in [0.05, 0.1) is 12.7 Å². The van der Waals surface area contributed by atoms with E-state index < -0.39 is 24.9 Å². The number of hydrogen-bond acceptors (Lipinski definition) is 6. The van der Waals surface area contributed by atoms with Gasteiger partial charge in [0.2, 0.25) is 5.91 Å². The van der Waals surface area contributed by atoms with Crippen molar-refractivity contribution in [3.05, 3.63) is 0 Å². The van der Waals surface area contributed by atoms with Crippen LogP contribution < -0.4 is 0 Å². The third-order valence-corrected chi connectivity index (χ3v) is 3.45. The van der Waals surface area contributed by atoms with E-state index in [9.17, 15) is 20.1 Å². The lowest BCUT2D eigenvalue weighted by molar-refractivity contribution is -0.133. The molecule has 3 atom stereocenters. The summed E-state index contributed by atoms with van der Waals surface area (Å²) in [6, 6.07) is 0. The van der Waals surface area contributed by atoms with Crippen LogP contribution in [0.2, 0.25) is 0 Å². The summed E-state index contributed by atoms with van der Waals surface area (Å²) in [5.74, 6) is 0.121. The van der Waals surface area contributed by atoms with E-state index in [2.05, 4.69) is 0 Å². The van der Waals surface area contributed by atoms with E-state index in [4.69, 9.17) is 5.11 Å². The first-order valence-electron chi connectivity index (χ1n) is 6.64. The van der Waals surface area contributed by atoms with E-state index in [-0.39, 0.29) is 12.5 Å². The van der Waals surface area contributed by atoms with Crippen molar-refractivity contribution in [2.75, 3.05) is 39.3 Å². The Kier molecular flexibility index (Phi) is 6.67. The largest absolute Gasteiger partial charge is 0.394 e. The highest BCUT2D eigenvalue weighted by Crippen LogP contribution is 2.07. The van der Waals surface area contributed by atoms with Gasteiger partial charge in [0.15, 0.2) is 0 Å². The third-order valence-electron chi connectivity index (χ3n) is 3.45. The minimum atomic E-state index is -1.36. The fourth-order valence-corrected chi connectivity index (χ4v) is 2.14. The van der Waals surface area contributed by atoms with Crippen LogP contribution in [0, 0.1) is 0 Å². The molecule has 0 radical (unpaired) electrons. The Bertz CT molecular complexity index is 281. The van der Waals surface area contributed by atoms with Crippen LogP contribution in [0.25, 0.3) is 0 Å². The molecule has 0 aromatic heterocycles. The molecule has 4 N–H and O–H groups in total. The quantitative estimate of drug-likeness (QED) is 0.432. The van der Waals surface area contributed by atoms with E-state index in [1.165, 1.54) is 0 Å². The fourth-order valence-electron chi connectivity index (χ4n) is 2.14. The predicted octanol–water partition coefficient (Wildman–Crippen LogP) is -2.38. The number of carbonyl (C=O) groups is 1. The van der Waals surface area contributed by atoms with Crippen molar-refractivity contribution in [3.63, 3.8) is 0 Å². The van der Waals surface area contributed by atoms with Gasteiger partial charge in [0, 0.05) is 39.1 Å². The van der Waals surface area contributed by atoms with Crippen LogP contribution in [-0.4, -0.2) is 93.8 Å². The molecular formula is C12H24N2O5. The minimum Gasteiger partial charge on any atom is -0.394 e. The third kappa shape index (κ3) is 4.70. The average molecular weight is 276 g/mol. The molecule has 1 saturated heterocycles. The molecule has 1 amide bonds. The van der Waals surface area contributed by atoms with Crippen molar-refractivity contribution in [2.24, 2.45) is 0 Å². The molecule has 0 aromatic rings. The Balaban J connectivity index is 2.34. The number of hydrogen-bond donors (Lipinski definition) is 4. The SMILES string of the molecule is CCC(=O)N1CCN(C[C@H](O)[C@H](O)[C@H](O)CO)CC1. The molecular weight excluding hydrogens is 252 g/mol. The summed E-state index contributed by atoms with van der Waals surface area (Å²) in [5, 5.41) is 37.2. The summed E-state index contributed by atoms with van der Waals surface area (Å²) in [5.41, 5.74) is 0. The van der Waals surface area contributed by atoms with Crippen LogP contribution in [0.3, 0.4) is 0 Å². The van der Waals surface area contributed by atoms with Crippen LogP contribution in [0.5, 0.6) is 0 Å². The predicted molar refractivity (Wildman–Crippen MR) is 68.4 cm³/mol. The highest BCUT2D eigenvalue weighted by molar-refractivity contribution is 5.75. The summed E-state index contributed by atoms with van der Waals surface area (Å²) >= 11 is 0. The molecule has 0 unspecified atom stereocenters. The molecule has 1 aliphatic rings. The standard InChI is InChI=1S/C12H24N2O5/c1-2-11(18)14-5-3-13(4-6-14)7-9(16)12(19)10(17)8-15/h9-10,12,15-17,19H,2-8H2,1H3/t9-,10+,12-/m0/s1. The molecule has 19 heavy (non-hydrogen) atoms. The van der Waals surface area contributed by atoms with E-state index in [1.54, 1.807) is 4.90 Å². The Hall–Kier alpha value is -0.730. The topological polar surface area (TPSA) is 104 Å². The van der Waals surface area contributed by atoms with Crippen molar-refractivity contribution in [2.45, 2.75) is 31.7 Å². The zero-order chi connectivity index (χ0) is 14.4. The molecule has 0 bridgehead atoms. The lowest BCUT2D eigenvalue weighted by Gasteiger charge is -2.36. The molecule has 7 nitrogen and oxygen atoms in total. The maximum Gasteiger partial charge on any atom is 0.222 e. The molecule has 0 saturated carbocycles. The number of carbonyl (C=O) groups excluding carboxylic acids is 1. The molecule has 112 valence electrons. The lowest BCUT2D eigenvalue weighted by atomic mass is 10.1. The van der Waals surface area contributed by atoms with Crippen LogP contribution in [0.15, 0.2) is 0 Å². The van der Waals surface area contributed by atoms with Gasteiger partial charge in [-0.2, -0.15) is 0 Å². The van der Waals surface area contributed by atoms with Crippen molar-refractivity contribution < 1.29 is 25.2 Å². The normalized spacial score (nSPS) is 22.1. The maximum atomic E-state index is 11.5. The number of β-amino-alcohol motifs (C(OH)–C–C–N with tert-alkyl or cyclic N) is 1. The van der Waals surface area contributed by atoms with Crippen molar-refractivity contribution >= 4 is 5.91 Å². The Morgan fingerprint density at radius 2 is 1.68 bits per heavy atom. The smallest absolute Gasteiger partial charge is 0.222 e. The summed E-state index contributed by atoms with van der Waals surface area (Å²) in [6.07, 6.45) is -3.32. The first kappa shape index (κ1) is 16.3. The first-order chi connectivity index (χ1) is 8.99. The van der Waals surface area contributed by atoms with Gasteiger partial charge in [0.25, 0.3) is 0 Å². The van der Waals surface area contributed by atoms with Gasteiger partial charge in [-0.1, -0.05) is 6.92 Å². The Labute approximate surface area is 113 Å². The van der Waals surface area contributed by atoms with E-state index in [1.807, 2.05) is 11.8 Å². The second kappa shape index (κ2) is 7.76. The molecule has 0 spiro atoms. The first-order valence-corrected chi connectivity index (χ1v) is 6.64. The van der Waals surface area contributed by atoms with Crippen LogP contribution in [0.4, 0.5) is 0 Å². The van der Waals surface area contributed by atoms with Crippen LogP contribution in [0.1, 0.15) is 13.3 Å². The van der Waals surface area contributed by atoms with Gasteiger partial charge >= 0.3 is 0 Å². The molecule has 1 rings (SSSR count). The highest BCUT2D eigenvalue weighted by Gasteiger charge is 2.27. The second-order valence-corrected chi connectivity index (χ2v) is 4.84. The molecule has 0 aromatic carbocycles. The van der Waals surface area contributed by atoms with Gasteiger partial charge in [-0.3, -0.25) is 9.69 Å². The monoisotopic (exact) mass is 276 g/mol. The van der Waals surface area contributed by atoms with Crippen molar-refractivity contribution in [3.8, 4) is 0 Å². The van der Waals surface area contributed by atoms with E-state index in [0.717, 1.165) is 0 Å². The van der Waals surface area contributed by atoms with Gasteiger partial charge in [-0.05, 0) is 0 Å². The number of piperazine rings is 1. The second-order valence-electron chi connectivity index (χ2n) is 4.84. The average Bonchev–Trinajstić information content (AvgIpc) is 2.45. The number of nitrogens with zero attached hydrogens (tertiary/aromatic N) is 2. The van der Waals surface area contributed by atoms with Gasteiger partial charge in [0.1, 0.15) is 12.2 Å². The number of aliphatic hydroxyl groups excluding tert-OH is 4. The van der Waals surface area contributed by atoms with Crippen LogP contribution >= 0.6 is 0 Å². The Morgan fingerprint density at radius 1 is 1.11 bits per heavy atom. The van der Waals surface area contributed by atoms with Gasteiger partial charge < -0.3 is 25.3 Å². The molecule has 1 aliphatic heterocycles. The molecule has 1 heterocycles. The summed E-state index contributed by atoms with van der Waals surface area (Å²) in [4.78, 5) is 15.2.